The predicted molar refractivity (Wildman–Crippen MR) is 85.9 cm³/mol. The van der Waals surface area contributed by atoms with E-state index in [4.69, 9.17) is 5.73 Å². The molecule has 0 saturated heterocycles. The number of nitrogens with zero attached hydrogens (tertiary/aromatic N) is 1. The Labute approximate surface area is 119 Å². The molecule has 2 nitrogen and oxygen atoms in total. The maximum Gasteiger partial charge on any atom is 0.0368 e. The number of benzene rings is 1. The SMILES string of the molecule is CCC(N)Cc1ccc(N(C)C(CC)CC)cc1C. The second-order valence-corrected chi connectivity index (χ2v) is 5.56. The van der Waals surface area contributed by atoms with Crippen LogP contribution in [-0.2, 0) is 6.42 Å². The number of nitrogens with two attached hydrogens (primary N) is 1. The van der Waals surface area contributed by atoms with Crippen LogP contribution in [0.5, 0.6) is 0 Å². The van der Waals surface area contributed by atoms with Crippen LogP contribution in [-0.4, -0.2) is 19.1 Å². The van der Waals surface area contributed by atoms with Crippen LogP contribution >= 0.6 is 0 Å². The molecule has 0 amide bonds. The molecule has 0 aliphatic heterocycles. The highest BCUT2D eigenvalue weighted by Gasteiger charge is 2.12. The van der Waals surface area contributed by atoms with Crippen LogP contribution in [0, 0.1) is 6.92 Å². The third-order valence-electron chi connectivity index (χ3n) is 4.23. The van der Waals surface area contributed by atoms with Gasteiger partial charge in [0, 0.05) is 24.8 Å². The normalized spacial score (nSPS) is 12.8. The van der Waals surface area contributed by atoms with E-state index in [-0.39, 0.29) is 6.04 Å². The van der Waals surface area contributed by atoms with Crippen LogP contribution in [0.15, 0.2) is 18.2 Å². The topological polar surface area (TPSA) is 29.3 Å². The first-order valence-electron chi connectivity index (χ1n) is 7.61. The Balaban J connectivity index is 2.86. The Kier molecular flexibility index (Phi) is 6.36. The zero-order chi connectivity index (χ0) is 14.4. The van der Waals surface area contributed by atoms with Crippen molar-refractivity contribution in [3.8, 4) is 0 Å². The third kappa shape index (κ3) is 4.24. The fourth-order valence-corrected chi connectivity index (χ4v) is 2.60. The van der Waals surface area contributed by atoms with Gasteiger partial charge in [-0.05, 0) is 55.9 Å². The van der Waals surface area contributed by atoms with E-state index in [2.05, 4.69) is 57.8 Å². The molecule has 0 aromatic heterocycles. The van der Waals surface area contributed by atoms with Gasteiger partial charge in [0.15, 0.2) is 0 Å². The van der Waals surface area contributed by atoms with Crippen molar-refractivity contribution >= 4 is 5.69 Å². The summed E-state index contributed by atoms with van der Waals surface area (Å²) in [5.74, 6) is 0. The van der Waals surface area contributed by atoms with Crippen LogP contribution in [0.2, 0.25) is 0 Å². The smallest absolute Gasteiger partial charge is 0.0368 e. The van der Waals surface area contributed by atoms with Crippen LogP contribution in [0.25, 0.3) is 0 Å². The third-order valence-corrected chi connectivity index (χ3v) is 4.23. The van der Waals surface area contributed by atoms with Crippen molar-refractivity contribution in [2.75, 3.05) is 11.9 Å². The lowest BCUT2D eigenvalue weighted by molar-refractivity contribution is 0.591. The molecule has 0 fully saturated rings. The van der Waals surface area contributed by atoms with Gasteiger partial charge >= 0.3 is 0 Å². The first-order valence-corrected chi connectivity index (χ1v) is 7.61. The molecule has 1 atom stereocenters. The van der Waals surface area contributed by atoms with Crippen molar-refractivity contribution in [3.63, 3.8) is 0 Å². The molecule has 0 bridgehead atoms. The van der Waals surface area contributed by atoms with E-state index in [1.165, 1.54) is 29.7 Å². The molecular formula is C17H30N2. The minimum absolute atomic E-state index is 0.279. The Bertz CT molecular complexity index is 383. The summed E-state index contributed by atoms with van der Waals surface area (Å²) in [5.41, 5.74) is 10.1. The number of hydrogen-bond donors (Lipinski definition) is 1. The van der Waals surface area contributed by atoms with E-state index < -0.39 is 0 Å². The molecule has 0 aliphatic rings. The fourth-order valence-electron chi connectivity index (χ4n) is 2.60. The van der Waals surface area contributed by atoms with Crippen molar-refractivity contribution in [2.24, 2.45) is 5.73 Å². The summed E-state index contributed by atoms with van der Waals surface area (Å²) in [7, 11) is 2.20. The van der Waals surface area contributed by atoms with Gasteiger partial charge in [-0.15, -0.1) is 0 Å². The summed E-state index contributed by atoms with van der Waals surface area (Å²) in [5, 5.41) is 0. The molecule has 1 unspecified atom stereocenters. The van der Waals surface area contributed by atoms with Gasteiger partial charge in [-0.25, -0.2) is 0 Å². The highest BCUT2D eigenvalue weighted by Crippen LogP contribution is 2.22. The summed E-state index contributed by atoms with van der Waals surface area (Å²) < 4.78 is 0. The molecule has 2 heteroatoms. The standard InChI is InChI=1S/C17H30N2/c1-6-15(18)12-14-9-10-17(11-13(14)4)19(5)16(7-2)8-3/h9-11,15-16H,6-8,12,18H2,1-5H3. The zero-order valence-electron chi connectivity index (χ0n) is 13.2. The van der Waals surface area contributed by atoms with E-state index >= 15 is 0 Å². The largest absolute Gasteiger partial charge is 0.372 e. The molecule has 2 N–H and O–H groups in total. The van der Waals surface area contributed by atoms with Crippen LogP contribution in [0.1, 0.15) is 51.2 Å². The number of anilines is 1. The van der Waals surface area contributed by atoms with Gasteiger partial charge < -0.3 is 10.6 Å². The van der Waals surface area contributed by atoms with E-state index in [0.717, 1.165) is 12.8 Å². The van der Waals surface area contributed by atoms with E-state index in [9.17, 15) is 0 Å². The van der Waals surface area contributed by atoms with Crippen molar-refractivity contribution in [2.45, 2.75) is 65.5 Å². The zero-order valence-corrected chi connectivity index (χ0v) is 13.2. The van der Waals surface area contributed by atoms with Crippen LogP contribution < -0.4 is 10.6 Å². The second-order valence-electron chi connectivity index (χ2n) is 5.56. The van der Waals surface area contributed by atoms with Crippen LogP contribution in [0.3, 0.4) is 0 Å². The summed E-state index contributed by atoms with van der Waals surface area (Å²) in [6, 6.07) is 7.70. The maximum atomic E-state index is 6.05. The fraction of sp³-hybridized carbons (Fsp3) is 0.647. The first kappa shape index (κ1) is 16.0. The molecule has 0 heterocycles. The highest BCUT2D eigenvalue weighted by molar-refractivity contribution is 5.51. The molecule has 0 saturated carbocycles. The Hall–Kier alpha value is -1.02. The number of rotatable bonds is 7. The van der Waals surface area contributed by atoms with Crippen molar-refractivity contribution < 1.29 is 0 Å². The monoisotopic (exact) mass is 262 g/mol. The lowest BCUT2D eigenvalue weighted by Crippen LogP contribution is -2.30. The molecule has 19 heavy (non-hydrogen) atoms. The molecule has 108 valence electrons. The van der Waals surface area contributed by atoms with Gasteiger partial charge in [0.05, 0.1) is 0 Å². The molecule has 0 radical (unpaired) electrons. The minimum Gasteiger partial charge on any atom is -0.372 e. The Morgan fingerprint density at radius 2 is 1.74 bits per heavy atom. The second kappa shape index (κ2) is 7.54. The molecule has 0 aliphatic carbocycles. The van der Waals surface area contributed by atoms with Crippen molar-refractivity contribution in [1.82, 2.24) is 0 Å². The van der Waals surface area contributed by atoms with Crippen molar-refractivity contribution in [1.29, 1.82) is 0 Å². The predicted octanol–water partition coefficient (Wildman–Crippen LogP) is 3.90. The molecule has 1 aromatic rings. The number of hydrogen-bond acceptors (Lipinski definition) is 2. The average molecular weight is 262 g/mol. The minimum atomic E-state index is 0.279. The first-order chi connectivity index (χ1) is 9.03. The molecule has 0 spiro atoms. The maximum absolute atomic E-state index is 6.05. The summed E-state index contributed by atoms with van der Waals surface area (Å²) in [6.07, 6.45) is 4.40. The highest BCUT2D eigenvalue weighted by atomic mass is 15.1. The van der Waals surface area contributed by atoms with Gasteiger partial charge in [0.1, 0.15) is 0 Å². The van der Waals surface area contributed by atoms with E-state index in [1.807, 2.05) is 0 Å². The van der Waals surface area contributed by atoms with Gasteiger partial charge in [-0.3, -0.25) is 0 Å². The molecular weight excluding hydrogens is 232 g/mol. The Morgan fingerprint density at radius 1 is 1.11 bits per heavy atom. The quantitative estimate of drug-likeness (QED) is 0.807. The van der Waals surface area contributed by atoms with Crippen LogP contribution in [0.4, 0.5) is 5.69 Å². The molecule has 1 rings (SSSR count). The summed E-state index contributed by atoms with van der Waals surface area (Å²) >= 11 is 0. The summed E-state index contributed by atoms with van der Waals surface area (Å²) in [6.45, 7) is 8.86. The average Bonchev–Trinajstić information content (AvgIpc) is 2.42. The van der Waals surface area contributed by atoms with Gasteiger partial charge in [0.2, 0.25) is 0 Å². The van der Waals surface area contributed by atoms with Crippen molar-refractivity contribution in [3.05, 3.63) is 29.3 Å². The van der Waals surface area contributed by atoms with Gasteiger partial charge in [-0.2, -0.15) is 0 Å². The lowest BCUT2D eigenvalue weighted by Gasteiger charge is -2.29. The van der Waals surface area contributed by atoms with Gasteiger partial charge in [0.25, 0.3) is 0 Å². The lowest BCUT2D eigenvalue weighted by atomic mass is 9.99. The van der Waals surface area contributed by atoms with Gasteiger partial charge in [-0.1, -0.05) is 26.8 Å². The molecule has 1 aromatic carbocycles. The number of aryl methyl sites for hydroxylation is 1. The van der Waals surface area contributed by atoms with E-state index in [0.29, 0.717) is 6.04 Å². The van der Waals surface area contributed by atoms with E-state index in [1.54, 1.807) is 0 Å². The summed E-state index contributed by atoms with van der Waals surface area (Å²) in [4.78, 5) is 2.40. The Morgan fingerprint density at radius 3 is 2.21 bits per heavy atom.